The number of hydrogen-bond acceptors (Lipinski definition) is 2. The quantitative estimate of drug-likeness (QED) is 0.760. The topological polar surface area (TPSA) is 51.9 Å². The predicted octanol–water partition coefficient (Wildman–Crippen LogP) is 2.43. The summed E-state index contributed by atoms with van der Waals surface area (Å²) in [6.45, 7) is 3.35. The van der Waals surface area contributed by atoms with Gasteiger partial charge in [0.2, 0.25) is 5.91 Å². The number of carbonyl (C=O) groups excluding carboxylic acids is 1. The maximum absolute atomic E-state index is 12.0. The molecule has 1 aromatic carbocycles. The van der Waals surface area contributed by atoms with E-state index in [9.17, 15) is 4.79 Å². The number of benzene rings is 1. The van der Waals surface area contributed by atoms with Crippen LogP contribution in [-0.4, -0.2) is 26.6 Å². The molecule has 0 aliphatic carbocycles. The summed E-state index contributed by atoms with van der Waals surface area (Å²) in [5.41, 5.74) is 2.43. The van der Waals surface area contributed by atoms with Crippen LogP contribution in [0.3, 0.4) is 0 Å². The van der Waals surface area contributed by atoms with Crippen LogP contribution in [0.2, 0.25) is 0 Å². The van der Waals surface area contributed by atoms with Gasteiger partial charge in [-0.15, -0.1) is 0 Å². The second-order valence-electron chi connectivity index (χ2n) is 5.80. The highest BCUT2D eigenvalue weighted by atomic mass is 16.1. The third-order valence-corrected chi connectivity index (χ3v) is 4.20. The molecule has 23 heavy (non-hydrogen) atoms. The van der Waals surface area contributed by atoms with Crippen LogP contribution in [0, 0.1) is 6.92 Å². The number of carbonyl (C=O) groups is 1. The van der Waals surface area contributed by atoms with Gasteiger partial charge < -0.3 is 14.5 Å². The molecule has 0 aliphatic heterocycles. The summed E-state index contributed by atoms with van der Waals surface area (Å²) in [5.74, 6) is 1.06. The van der Waals surface area contributed by atoms with E-state index >= 15 is 0 Å². The molecule has 0 saturated carbocycles. The molecule has 0 radical (unpaired) electrons. The SMILES string of the molecule is Cc1nccn1CCNC(=O)CCc1cn(C)c2ccccc12. The summed E-state index contributed by atoms with van der Waals surface area (Å²) < 4.78 is 4.15. The van der Waals surface area contributed by atoms with Crippen LogP contribution < -0.4 is 5.32 Å². The van der Waals surface area contributed by atoms with Crippen LogP contribution >= 0.6 is 0 Å². The predicted molar refractivity (Wildman–Crippen MR) is 91.2 cm³/mol. The first-order chi connectivity index (χ1) is 11.1. The van der Waals surface area contributed by atoms with Crippen molar-refractivity contribution in [2.75, 3.05) is 6.54 Å². The molecule has 0 unspecified atom stereocenters. The first-order valence-electron chi connectivity index (χ1n) is 7.92. The highest BCUT2D eigenvalue weighted by molar-refractivity contribution is 5.84. The largest absolute Gasteiger partial charge is 0.354 e. The first-order valence-corrected chi connectivity index (χ1v) is 7.92. The van der Waals surface area contributed by atoms with Crippen molar-refractivity contribution in [2.24, 2.45) is 7.05 Å². The van der Waals surface area contributed by atoms with Crippen molar-refractivity contribution >= 4 is 16.8 Å². The highest BCUT2D eigenvalue weighted by Crippen LogP contribution is 2.21. The molecule has 5 nitrogen and oxygen atoms in total. The Morgan fingerprint density at radius 2 is 2.13 bits per heavy atom. The maximum atomic E-state index is 12.0. The van der Waals surface area contributed by atoms with Crippen LogP contribution in [-0.2, 0) is 24.8 Å². The Bertz CT molecular complexity index is 815. The van der Waals surface area contributed by atoms with Crippen LogP contribution in [0.5, 0.6) is 0 Å². The zero-order chi connectivity index (χ0) is 16.2. The minimum atomic E-state index is 0.0932. The Hall–Kier alpha value is -2.56. The Kier molecular flexibility index (Phi) is 4.46. The third kappa shape index (κ3) is 3.44. The zero-order valence-corrected chi connectivity index (χ0v) is 13.6. The Labute approximate surface area is 135 Å². The number of hydrogen-bond donors (Lipinski definition) is 1. The monoisotopic (exact) mass is 310 g/mol. The Morgan fingerprint density at radius 3 is 2.91 bits per heavy atom. The van der Waals surface area contributed by atoms with E-state index in [4.69, 9.17) is 0 Å². The average Bonchev–Trinajstić information content (AvgIpc) is 3.10. The molecule has 0 spiro atoms. The van der Waals surface area contributed by atoms with E-state index in [0.717, 1.165) is 18.8 Å². The van der Waals surface area contributed by atoms with Gasteiger partial charge in [0, 0.05) is 56.1 Å². The lowest BCUT2D eigenvalue weighted by atomic mass is 10.1. The van der Waals surface area contributed by atoms with Gasteiger partial charge in [0.15, 0.2) is 0 Å². The van der Waals surface area contributed by atoms with Gasteiger partial charge in [0.05, 0.1) is 0 Å². The molecule has 0 fully saturated rings. The van der Waals surface area contributed by atoms with E-state index in [2.05, 4.69) is 33.2 Å². The van der Waals surface area contributed by atoms with E-state index in [0.29, 0.717) is 13.0 Å². The zero-order valence-electron chi connectivity index (χ0n) is 13.6. The van der Waals surface area contributed by atoms with Crippen molar-refractivity contribution in [3.63, 3.8) is 0 Å². The Balaban J connectivity index is 1.51. The van der Waals surface area contributed by atoms with Crippen LogP contribution in [0.15, 0.2) is 42.9 Å². The highest BCUT2D eigenvalue weighted by Gasteiger charge is 2.08. The summed E-state index contributed by atoms with van der Waals surface area (Å²) in [6.07, 6.45) is 7.09. The number of amides is 1. The second kappa shape index (κ2) is 6.69. The molecule has 1 N–H and O–H groups in total. The summed E-state index contributed by atoms with van der Waals surface area (Å²) in [7, 11) is 2.04. The smallest absolute Gasteiger partial charge is 0.220 e. The maximum Gasteiger partial charge on any atom is 0.220 e. The fourth-order valence-corrected chi connectivity index (χ4v) is 2.92. The van der Waals surface area contributed by atoms with Crippen molar-refractivity contribution in [1.82, 2.24) is 19.4 Å². The molecule has 3 aromatic rings. The third-order valence-electron chi connectivity index (χ3n) is 4.20. The van der Waals surface area contributed by atoms with E-state index in [-0.39, 0.29) is 5.91 Å². The molecular formula is C18H22N4O. The van der Waals surface area contributed by atoms with Gasteiger partial charge in [0.1, 0.15) is 5.82 Å². The molecule has 1 amide bonds. The average molecular weight is 310 g/mol. The van der Waals surface area contributed by atoms with Crippen molar-refractivity contribution < 1.29 is 4.79 Å². The van der Waals surface area contributed by atoms with Gasteiger partial charge in [-0.1, -0.05) is 18.2 Å². The molecule has 120 valence electrons. The van der Waals surface area contributed by atoms with E-state index in [1.165, 1.54) is 16.5 Å². The lowest BCUT2D eigenvalue weighted by Crippen LogP contribution is -2.27. The number of imidazole rings is 1. The molecule has 0 saturated heterocycles. The van der Waals surface area contributed by atoms with Gasteiger partial charge in [0.25, 0.3) is 0 Å². The number of rotatable bonds is 6. The van der Waals surface area contributed by atoms with Crippen molar-refractivity contribution in [3.05, 3.63) is 54.2 Å². The minimum Gasteiger partial charge on any atom is -0.354 e. The van der Waals surface area contributed by atoms with Crippen LogP contribution in [0.1, 0.15) is 17.8 Å². The molecule has 0 bridgehead atoms. The molecular weight excluding hydrogens is 288 g/mol. The van der Waals surface area contributed by atoms with E-state index in [1.807, 2.05) is 36.9 Å². The van der Waals surface area contributed by atoms with Crippen LogP contribution in [0.25, 0.3) is 10.9 Å². The summed E-state index contributed by atoms with van der Waals surface area (Å²) in [4.78, 5) is 16.2. The van der Waals surface area contributed by atoms with Gasteiger partial charge >= 0.3 is 0 Å². The first kappa shape index (κ1) is 15.3. The van der Waals surface area contributed by atoms with Crippen molar-refractivity contribution in [1.29, 1.82) is 0 Å². The second-order valence-corrected chi connectivity index (χ2v) is 5.80. The number of nitrogens with zero attached hydrogens (tertiary/aromatic N) is 3. The number of nitrogens with one attached hydrogen (secondary N) is 1. The van der Waals surface area contributed by atoms with Crippen molar-refractivity contribution in [3.8, 4) is 0 Å². The summed E-state index contributed by atoms with van der Waals surface area (Å²) in [6, 6.07) is 8.30. The van der Waals surface area contributed by atoms with Gasteiger partial charge in [-0.2, -0.15) is 0 Å². The normalized spacial score (nSPS) is 11.0. The van der Waals surface area contributed by atoms with Crippen molar-refractivity contribution in [2.45, 2.75) is 26.3 Å². The number of aryl methyl sites for hydroxylation is 3. The summed E-state index contributed by atoms with van der Waals surface area (Å²) in [5, 5.41) is 4.21. The number of aromatic nitrogens is 3. The molecule has 3 rings (SSSR count). The van der Waals surface area contributed by atoms with E-state index < -0.39 is 0 Å². The lowest BCUT2D eigenvalue weighted by Gasteiger charge is -2.07. The van der Waals surface area contributed by atoms with Gasteiger partial charge in [-0.05, 0) is 25.0 Å². The molecule has 0 aliphatic rings. The number of fused-ring (bicyclic) bond motifs is 1. The standard InChI is InChI=1S/C18H22N4O/c1-14-19-9-11-22(14)12-10-20-18(23)8-7-15-13-21(2)17-6-4-3-5-16(15)17/h3-6,9,11,13H,7-8,10,12H2,1-2H3,(H,20,23). The molecule has 0 atom stereocenters. The molecule has 5 heteroatoms. The fourth-order valence-electron chi connectivity index (χ4n) is 2.92. The molecule has 2 heterocycles. The molecule has 2 aromatic heterocycles. The fraction of sp³-hybridized carbons (Fsp3) is 0.333. The number of para-hydroxylation sites is 1. The van der Waals surface area contributed by atoms with Gasteiger partial charge in [-0.25, -0.2) is 4.98 Å². The van der Waals surface area contributed by atoms with Crippen LogP contribution in [0.4, 0.5) is 0 Å². The minimum absolute atomic E-state index is 0.0932. The Morgan fingerprint density at radius 1 is 1.30 bits per heavy atom. The van der Waals surface area contributed by atoms with E-state index in [1.54, 1.807) is 6.20 Å². The lowest BCUT2D eigenvalue weighted by molar-refractivity contribution is -0.121. The summed E-state index contributed by atoms with van der Waals surface area (Å²) >= 11 is 0. The van der Waals surface area contributed by atoms with Gasteiger partial charge in [-0.3, -0.25) is 4.79 Å².